The second-order valence-electron chi connectivity index (χ2n) is 5.01. The third kappa shape index (κ3) is 3.51. The Morgan fingerprint density at radius 2 is 1.76 bits per heavy atom. The van der Waals surface area contributed by atoms with Gasteiger partial charge in [0.05, 0.1) is 5.69 Å². The maximum absolute atomic E-state index is 11.9. The number of rotatable bonds is 1. The van der Waals surface area contributed by atoms with E-state index in [0.29, 0.717) is 18.5 Å². The molecule has 1 heterocycles. The Balaban J connectivity index is 0.00000144. The Bertz CT molecular complexity index is 411. The first kappa shape index (κ1) is 15.1. The maximum Gasteiger partial charge on any atom is 1.00 e. The molecular weight excluding hydrogens is 243 g/mol. The molecule has 1 aromatic heterocycles. The molecule has 1 fully saturated rings. The summed E-state index contributed by atoms with van der Waals surface area (Å²) < 4.78 is 0. The molecule has 0 saturated heterocycles. The van der Waals surface area contributed by atoms with Crippen molar-refractivity contribution in [1.29, 1.82) is 0 Å². The first-order chi connectivity index (χ1) is 7.49. The maximum atomic E-state index is 11.9. The smallest absolute Gasteiger partial charge is 0.298 e. The van der Waals surface area contributed by atoms with E-state index in [2.05, 4.69) is 9.97 Å². The molecule has 5 heteroatoms. The van der Waals surface area contributed by atoms with Gasteiger partial charge in [0.15, 0.2) is 0 Å². The van der Waals surface area contributed by atoms with Crippen LogP contribution in [0, 0.1) is 5.41 Å². The van der Waals surface area contributed by atoms with Gasteiger partial charge in [-0.25, -0.2) is 0 Å². The topological polar surface area (TPSA) is 59.9 Å². The number of carbonyl (C=O) groups excluding carboxylic acids is 2. The van der Waals surface area contributed by atoms with Crippen LogP contribution in [0.3, 0.4) is 0 Å². The zero-order valence-corrected chi connectivity index (χ0v) is 13.6. The van der Waals surface area contributed by atoms with E-state index in [4.69, 9.17) is 0 Å². The van der Waals surface area contributed by atoms with E-state index >= 15 is 0 Å². The second kappa shape index (κ2) is 5.80. The van der Waals surface area contributed by atoms with Gasteiger partial charge in [-0.2, -0.15) is 0 Å². The van der Waals surface area contributed by atoms with E-state index in [0.717, 1.165) is 0 Å². The number of Topliss-reactive ketones (excluding diaryl/α,β-unsaturated/α-hetero) is 2. The second-order valence-corrected chi connectivity index (χ2v) is 5.01. The Kier molecular flexibility index (Phi) is 5.15. The summed E-state index contributed by atoms with van der Waals surface area (Å²) in [5.74, 6) is -0.773. The monoisotopic (exact) mass is 257 g/mol. The van der Waals surface area contributed by atoms with Crippen LogP contribution < -0.4 is 51.4 Å². The van der Waals surface area contributed by atoms with Gasteiger partial charge in [0.1, 0.15) is 17.5 Å². The molecule has 0 unspecified atom stereocenters. The number of hydrogen-bond donors (Lipinski definition) is 0. The van der Waals surface area contributed by atoms with Crippen LogP contribution >= 0.6 is 0 Å². The van der Waals surface area contributed by atoms with Crippen LogP contribution in [0.25, 0.3) is 0 Å². The Morgan fingerprint density at radius 1 is 1.18 bits per heavy atom. The minimum Gasteiger partial charge on any atom is -0.298 e. The van der Waals surface area contributed by atoms with Gasteiger partial charge in [0, 0.05) is 31.4 Å². The van der Waals surface area contributed by atoms with Crippen molar-refractivity contribution in [2.45, 2.75) is 32.6 Å². The summed E-state index contributed by atoms with van der Waals surface area (Å²) >= 11 is 0. The molecule has 2 rings (SSSR count). The van der Waals surface area contributed by atoms with Gasteiger partial charge < -0.3 is 0 Å². The molecule has 0 bridgehead atoms. The third-order valence-electron chi connectivity index (χ3n) is 2.83. The van der Waals surface area contributed by atoms with Crippen LogP contribution in [0.5, 0.6) is 0 Å². The molecule has 84 valence electrons. The van der Waals surface area contributed by atoms with Gasteiger partial charge in [-0.3, -0.25) is 19.6 Å². The largest absolute Gasteiger partial charge is 1.00 e. The van der Waals surface area contributed by atoms with Crippen molar-refractivity contribution in [3.05, 3.63) is 24.3 Å². The first-order valence-electron chi connectivity index (χ1n) is 5.31. The predicted octanol–water partition coefficient (Wildman–Crippen LogP) is -1.48. The third-order valence-corrected chi connectivity index (χ3v) is 2.83. The Labute approximate surface area is 143 Å². The average Bonchev–Trinajstić information content (AvgIpc) is 2.16. The molecule has 1 saturated carbocycles. The van der Waals surface area contributed by atoms with E-state index in [1.54, 1.807) is 0 Å². The SMILES string of the molecule is CC1(C)CC(=O)C(c2cnccn2)C(=O)C1.[K+]. The van der Waals surface area contributed by atoms with Gasteiger partial charge in [0.2, 0.25) is 0 Å². The van der Waals surface area contributed by atoms with E-state index in [1.165, 1.54) is 18.6 Å². The standard InChI is InChI=1S/C12H14N2O2.K/c1-12(2)5-9(15)11(10(16)6-12)8-7-13-3-4-14-8;/h3-4,7,11H,5-6H2,1-2H3;/q;+1. The number of nitrogens with zero attached hydrogens (tertiary/aromatic N) is 2. The van der Waals surface area contributed by atoms with Crippen LogP contribution in [-0.2, 0) is 9.59 Å². The Hall–Kier alpha value is 0.0564. The average molecular weight is 257 g/mol. The normalized spacial score (nSPS) is 19.9. The quantitative estimate of drug-likeness (QED) is 0.455. The molecule has 1 aliphatic rings. The minimum atomic E-state index is -0.693. The molecule has 0 aromatic carbocycles. The zero-order valence-electron chi connectivity index (χ0n) is 10.4. The Morgan fingerprint density at radius 3 is 2.24 bits per heavy atom. The van der Waals surface area contributed by atoms with Crippen molar-refractivity contribution >= 4 is 11.6 Å². The van der Waals surface area contributed by atoms with Crippen LogP contribution in [0.15, 0.2) is 18.6 Å². The summed E-state index contributed by atoms with van der Waals surface area (Å²) in [4.78, 5) is 31.8. The summed E-state index contributed by atoms with van der Waals surface area (Å²) in [7, 11) is 0. The van der Waals surface area contributed by atoms with Gasteiger partial charge in [-0.05, 0) is 5.41 Å². The van der Waals surface area contributed by atoms with Crippen LogP contribution in [0.2, 0.25) is 0 Å². The van der Waals surface area contributed by atoms with Crippen molar-refractivity contribution in [2.24, 2.45) is 5.41 Å². The van der Waals surface area contributed by atoms with Crippen molar-refractivity contribution in [3.63, 3.8) is 0 Å². The minimum absolute atomic E-state index is 0. The summed E-state index contributed by atoms with van der Waals surface area (Å²) in [6.07, 6.45) is 5.40. The van der Waals surface area contributed by atoms with Crippen LogP contribution in [0.4, 0.5) is 0 Å². The van der Waals surface area contributed by atoms with Crippen molar-refractivity contribution in [2.75, 3.05) is 0 Å². The first-order valence-corrected chi connectivity index (χ1v) is 5.31. The molecule has 0 N–H and O–H groups in total. The summed E-state index contributed by atoms with van der Waals surface area (Å²) in [5.41, 5.74) is 0.264. The van der Waals surface area contributed by atoms with Crippen molar-refractivity contribution < 1.29 is 61.0 Å². The van der Waals surface area contributed by atoms with Gasteiger partial charge in [-0.1, -0.05) is 13.8 Å². The predicted molar refractivity (Wildman–Crippen MR) is 57.8 cm³/mol. The van der Waals surface area contributed by atoms with E-state index in [1.807, 2.05) is 13.8 Å². The van der Waals surface area contributed by atoms with Crippen LogP contribution in [0.1, 0.15) is 38.3 Å². The van der Waals surface area contributed by atoms with E-state index < -0.39 is 5.92 Å². The van der Waals surface area contributed by atoms with Gasteiger partial charge >= 0.3 is 51.4 Å². The van der Waals surface area contributed by atoms with E-state index in [9.17, 15) is 9.59 Å². The molecule has 0 aliphatic heterocycles. The molecule has 0 spiro atoms. The van der Waals surface area contributed by atoms with Crippen LogP contribution in [-0.4, -0.2) is 21.5 Å². The fourth-order valence-electron chi connectivity index (χ4n) is 2.18. The van der Waals surface area contributed by atoms with Gasteiger partial charge in [-0.15, -0.1) is 0 Å². The van der Waals surface area contributed by atoms with Crippen molar-refractivity contribution in [1.82, 2.24) is 9.97 Å². The summed E-state index contributed by atoms with van der Waals surface area (Å²) in [5, 5.41) is 0. The zero-order chi connectivity index (χ0) is 11.8. The molecule has 17 heavy (non-hydrogen) atoms. The van der Waals surface area contributed by atoms with Gasteiger partial charge in [0.25, 0.3) is 0 Å². The summed E-state index contributed by atoms with van der Waals surface area (Å²) in [6, 6.07) is 0. The molecule has 0 atom stereocenters. The fourth-order valence-corrected chi connectivity index (χ4v) is 2.18. The molecule has 1 aliphatic carbocycles. The molecule has 1 aromatic rings. The van der Waals surface area contributed by atoms with E-state index in [-0.39, 0.29) is 68.4 Å². The molecule has 0 radical (unpaired) electrons. The van der Waals surface area contributed by atoms with Crippen molar-refractivity contribution in [3.8, 4) is 0 Å². The summed E-state index contributed by atoms with van der Waals surface area (Å²) in [6.45, 7) is 3.88. The molecule has 4 nitrogen and oxygen atoms in total. The number of aromatic nitrogens is 2. The number of ketones is 2. The number of carbonyl (C=O) groups is 2. The fraction of sp³-hybridized carbons (Fsp3) is 0.500. The molecular formula is C12H14KN2O2+. The molecule has 0 amide bonds. The number of hydrogen-bond acceptors (Lipinski definition) is 4.